The standard InChI is InChI=1S/C31H27N3O3S/c1-34(2)26-17-10-22(11-18-26)12-19-29(35)23-13-15-25(16-14-23)32-31(37)28(21-27-9-6-20-38-27)33-30(36)24-7-4-3-5-8-24/h3-21H,1-2H3,(H,32,37)(H,33,36)/b19-12+,28-21-. The van der Waals surface area contributed by atoms with Crippen molar-refractivity contribution in [3.63, 3.8) is 0 Å². The molecule has 190 valence electrons. The van der Waals surface area contributed by atoms with Crippen LogP contribution in [0.5, 0.6) is 0 Å². The predicted octanol–water partition coefficient (Wildman–Crippen LogP) is 6.12. The number of ketones is 1. The zero-order valence-electron chi connectivity index (χ0n) is 21.0. The maximum absolute atomic E-state index is 13.1. The van der Waals surface area contributed by atoms with Gasteiger partial charge in [0.1, 0.15) is 5.70 Å². The molecule has 0 aliphatic heterocycles. The highest BCUT2D eigenvalue weighted by Crippen LogP contribution is 2.17. The fourth-order valence-corrected chi connectivity index (χ4v) is 4.18. The number of allylic oxidation sites excluding steroid dienone is 1. The van der Waals surface area contributed by atoms with Crippen LogP contribution in [-0.4, -0.2) is 31.7 Å². The summed E-state index contributed by atoms with van der Waals surface area (Å²) in [5, 5.41) is 7.41. The molecule has 0 spiro atoms. The fraction of sp³-hybridized carbons (Fsp3) is 0.0645. The van der Waals surface area contributed by atoms with Gasteiger partial charge in [-0.2, -0.15) is 0 Å². The number of thiophene rings is 1. The lowest BCUT2D eigenvalue weighted by Crippen LogP contribution is -2.30. The summed E-state index contributed by atoms with van der Waals surface area (Å²) in [4.78, 5) is 41.2. The van der Waals surface area contributed by atoms with Crippen LogP contribution in [0.25, 0.3) is 12.2 Å². The Bertz CT molecular complexity index is 1460. The van der Waals surface area contributed by atoms with E-state index in [0.29, 0.717) is 16.8 Å². The summed E-state index contributed by atoms with van der Waals surface area (Å²) < 4.78 is 0. The molecule has 2 amide bonds. The zero-order valence-corrected chi connectivity index (χ0v) is 21.9. The van der Waals surface area contributed by atoms with E-state index in [2.05, 4.69) is 10.6 Å². The Morgan fingerprint density at radius 1 is 0.789 bits per heavy atom. The lowest BCUT2D eigenvalue weighted by molar-refractivity contribution is -0.113. The molecule has 0 bridgehead atoms. The monoisotopic (exact) mass is 521 g/mol. The Hall–Kier alpha value is -4.75. The average Bonchev–Trinajstić information content (AvgIpc) is 3.45. The molecule has 6 nitrogen and oxygen atoms in total. The Morgan fingerprint density at radius 3 is 2.13 bits per heavy atom. The first-order valence-corrected chi connectivity index (χ1v) is 12.8. The molecule has 0 atom stereocenters. The first-order valence-electron chi connectivity index (χ1n) is 11.9. The highest BCUT2D eigenvalue weighted by Gasteiger charge is 2.15. The third-order valence-electron chi connectivity index (χ3n) is 5.62. The van der Waals surface area contributed by atoms with Crippen LogP contribution in [0.3, 0.4) is 0 Å². The van der Waals surface area contributed by atoms with Crippen LogP contribution in [0.4, 0.5) is 11.4 Å². The van der Waals surface area contributed by atoms with Gasteiger partial charge in [-0.05, 0) is 77.7 Å². The zero-order chi connectivity index (χ0) is 26.9. The van der Waals surface area contributed by atoms with Gasteiger partial charge in [-0.25, -0.2) is 0 Å². The molecule has 4 rings (SSSR count). The van der Waals surface area contributed by atoms with E-state index in [0.717, 1.165) is 16.1 Å². The molecular formula is C31H27N3O3S. The summed E-state index contributed by atoms with van der Waals surface area (Å²) in [5.41, 5.74) is 3.57. The molecule has 0 aliphatic rings. The maximum Gasteiger partial charge on any atom is 0.272 e. The van der Waals surface area contributed by atoms with Gasteiger partial charge >= 0.3 is 0 Å². The average molecular weight is 522 g/mol. The second-order valence-corrected chi connectivity index (χ2v) is 9.59. The first kappa shape index (κ1) is 26.3. The van der Waals surface area contributed by atoms with E-state index in [1.54, 1.807) is 60.7 Å². The normalized spacial score (nSPS) is 11.3. The van der Waals surface area contributed by atoms with Crippen LogP contribution >= 0.6 is 11.3 Å². The highest BCUT2D eigenvalue weighted by atomic mass is 32.1. The number of nitrogens with zero attached hydrogens (tertiary/aromatic N) is 1. The SMILES string of the molecule is CN(C)c1ccc(/C=C/C(=O)c2ccc(NC(=O)/C(=C/c3cccs3)NC(=O)c3ccccc3)cc2)cc1. The fourth-order valence-electron chi connectivity index (χ4n) is 3.53. The van der Waals surface area contributed by atoms with Crippen molar-refractivity contribution < 1.29 is 14.4 Å². The van der Waals surface area contributed by atoms with E-state index in [1.807, 2.05) is 66.8 Å². The van der Waals surface area contributed by atoms with Crippen molar-refractivity contribution in [1.29, 1.82) is 0 Å². The van der Waals surface area contributed by atoms with E-state index in [9.17, 15) is 14.4 Å². The number of anilines is 2. The molecule has 0 saturated heterocycles. The smallest absolute Gasteiger partial charge is 0.272 e. The lowest BCUT2D eigenvalue weighted by Gasteiger charge is -2.11. The van der Waals surface area contributed by atoms with Crippen molar-refractivity contribution in [3.8, 4) is 0 Å². The molecule has 0 saturated carbocycles. The van der Waals surface area contributed by atoms with Gasteiger partial charge in [0.25, 0.3) is 11.8 Å². The summed E-state index contributed by atoms with van der Waals surface area (Å²) in [5.74, 6) is -0.997. The molecule has 7 heteroatoms. The quantitative estimate of drug-likeness (QED) is 0.205. The lowest BCUT2D eigenvalue weighted by atomic mass is 10.1. The van der Waals surface area contributed by atoms with Crippen LogP contribution in [-0.2, 0) is 4.79 Å². The molecular weight excluding hydrogens is 494 g/mol. The molecule has 0 fully saturated rings. The third kappa shape index (κ3) is 7.15. The van der Waals surface area contributed by atoms with Crippen molar-refractivity contribution in [2.75, 3.05) is 24.3 Å². The Morgan fingerprint density at radius 2 is 1.50 bits per heavy atom. The molecule has 1 aromatic heterocycles. The number of hydrogen-bond donors (Lipinski definition) is 2. The van der Waals surface area contributed by atoms with E-state index < -0.39 is 5.91 Å². The Labute approximate surface area is 225 Å². The van der Waals surface area contributed by atoms with Crippen molar-refractivity contribution in [2.24, 2.45) is 0 Å². The number of carbonyl (C=O) groups excluding carboxylic acids is 3. The number of hydrogen-bond acceptors (Lipinski definition) is 5. The summed E-state index contributed by atoms with van der Waals surface area (Å²) in [6, 6.07) is 26.9. The topological polar surface area (TPSA) is 78.5 Å². The van der Waals surface area contributed by atoms with E-state index in [4.69, 9.17) is 0 Å². The number of amides is 2. The molecule has 0 aliphatic carbocycles. The second-order valence-electron chi connectivity index (χ2n) is 8.61. The van der Waals surface area contributed by atoms with Gasteiger partial charge in [0, 0.05) is 41.5 Å². The summed E-state index contributed by atoms with van der Waals surface area (Å²) in [7, 11) is 3.95. The molecule has 4 aromatic rings. The maximum atomic E-state index is 13.1. The molecule has 38 heavy (non-hydrogen) atoms. The molecule has 0 radical (unpaired) electrons. The predicted molar refractivity (Wildman–Crippen MR) is 155 cm³/mol. The minimum Gasteiger partial charge on any atom is -0.378 e. The number of carbonyl (C=O) groups is 3. The van der Waals surface area contributed by atoms with Gasteiger partial charge in [0.05, 0.1) is 0 Å². The van der Waals surface area contributed by atoms with Crippen LogP contribution in [0.2, 0.25) is 0 Å². The summed E-state index contributed by atoms with van der Waals surface area (Å²) >= 11 is 1.45. The number of rotatable bonds is 9. The van der Waals surface area contributed by atoms with Crippen LogP contribution in [0.1, 0.15) is 31.2 Å². The molecule has 0 unspecified atom stereocenters. The Kier molecular flexibility index (Phi) is 8.64. The third-order valence-corrected chi connectivity index (χ3v) is 6.44. The summed E-state index contributed by atoms with van der Waals surface area (Å²) in [6.45, 7) is 0. The summed E-state index contributed by atoms with van der Waals surface area (Å²) in [6.07, 6.45) is 4.93. The largest absolute Gasteiger partial charge is 0.378 e. The van der Waals surface area contributed by atoms with Crippen molar-refractivity contribution in [1.82, 2.24) is 5.32 Å². The molecule has 1 heterocycles. The van der Waals surface area contributed by atoms with Gasteiger partial charge in [0.2, 0.25) is 0 Å². The molecule has 3 aromatic carbocycles. The Balaban J connectivity index is 1.43. The van der Waals surface area contributed by atoms with Gasteiger partial charge < -0.3 is 15.5 Å². The van der Waals surface area contributed by atoms with Gasteiger partial charge in [-0.15, -0.1) is 11.3 Å². The second kappa shape index (κ2) is 12.5. The van der Waals surface area contributed by atoms with E-state index >= 15 is 0 Å². The highest BCUT2D eigenvalue weighted by molar-refractivity contribution is 7.10. The van der Waals surface area contributed by atoms with E-state index in [1.165, 1.54) is 17.4 Å². The van der Waals surface area contributed by atoms with Gasteiger partial charge in [-0.1, -0.05) is 42.5 Å². The van der Waals surface area contributed by atoms with Crippen molar-refractivity contribution in [3.05, 3.63) is 130 Å². The first-order chi connectivity index (χ1) is 18.4. The van der Waals surface area contributed by atoms with Crippen LogP contribution < -0.4 is 15.5 Å². The van der Waals surface area contributed by atoms with Crippen LogP contribution in [0, 0.1) is 0 Å². The van der Waals surface area contributed by atoms with Crippen LogP contribution in [0.15, 0.2) is 108 Å². The number of benzene rings is 3. The van der Waals surface area contributed by atoms with Crippen molar-refractivity contribution >= 4 is 52.5 Å². The molecule has 2 N–H and O–H groups in total. The minimum absolute atomic E-state index is 0.115. The van der Waals surface area contributed by atoms with Gasteiger partial charge in [-0.3, -0.25) is 14.4 Å². The number of nitrogens with one attached hydrogen (secondary N) is 2. The van der Waals surface area contributed by atoms with Crippen molar-refractivity contribution in [2.45, 2.75) is 0 Å². The van der Waals surface area contributed by atoms with E-state index in [-0.39, 0.29) is 17.4 Å². The minimum atomic E-state index is -0.470. The van der Waals surface area contributed by atoms with Gasteiger partial charge in [0.15, 0.2) is 5.78 Å².